The molecule has 1 aromatic carbocycles. The minimum Gasteiger partial charge on any atom is -0.393 e. The van der Waals surface area contributed by atoms with Crippen LogP contribution in [0.3, 0.4) is 0 Å². The molecule has 0 fully saturated rings. The zero-order valence-electron chi connectivity index (χ0n) is 13.8. The van der Waals surface area contributed by atoms with Gasteiger partial charge < -0.3 is 11.1 Å². The van der Waals surface area contributed by atoms with Gasteiger partial charge in [0.1, 0.15) is 17.8 Å². The van der Waals surface area contributed by atoms with E-state index in [1.165, 1.54) is 6.33 Å². The SMILES string of the molecule is Cc1cccnc1Nc1ncnc(NNC(=O)c2ccc(Cl)cc2)c1N. The summed E-state index contributed by atoms with van der Waals surface area (Å²) >= 11 is 5.81. The highest BCUT2D eigenvalue weighted by molar-refractivity contribution is 6.30. The van der Waals surface area contributed by atoms with Crippen molar-refractivity contribution in [1.82, 2.24) is 20.4 Å². The molecule has 0 saturated carbocycles. The number of benzene rings is 1. The second-order valence-electron chi connectivity index (χ2n) is 5.36. The number of anilines is 4. The van der Waals surface area contributed by atoms with Gasteiger partial charge in [0.05, 0.1) is 0 Å². The molecule has 0 atom stereocenters. The summed E-state index contributed by atoms with van der Waals surface area (Å²) in [7, 11) is 0. The number of pyridine rings is 1. The molecule has 5 N–H and O–H groups in total. The van der Waals surface area contributed by atoms with Crippen molar-refractivity contribution in [2.45, 2.75) is 6.92 Å². The molecule has 0 saturated heterocycles. The molecule has 132 valence electrons. The number of nitrogens with two attached hydrogens (primary N) is 1. The first-order chi connectivity index (χ1) is 12.5. The Bertz CT molecular complexity index is 931. The number of carbonyl (C=O) groups is 1. The summed E-state index contributed by atoms with van der Waals surface area (Å²) in [6.45, 7) is 1.91. The van der Waals surface area contributed by atoms with Crippen molar-refractivity contribution in [2.24, 2.45) is 0 Å². The zero-order valence-corrected chi connectivity index (χ0v) is 14.6. The molecular formula is C17H16ClN7O. The van der Waals surface area contributed by atoms with E-state index in [9.17, 15) is 4.79 Å². The quantitative estimate of drug-likeness (QED) is 0.510. The fraction of sp³-hybridized carbons (Fsp3) is 0.0588. The lowest BCUT2D eigenvalue weighted by atomic mass is 10.2. The van der Waals surface area contributed by atoms with Gasteiger partial charge in [0, 0.05) is 16.8 Å². The van der Waals surface area contributed by atoms with Crippen molar-refractivity contribution in [3.05, 3.63) is 65.1 Å². The van der Waals surface area contributed by atoms with Gasteiger partial charge in [-0.1, -0.05) is 17.7 Å². The molecule has 8 nitrogen and oxygen atoms in total. The molecule has 0 aliphatic heterocycles. The van der Waals surface area contributed by atoms with Crippen LogP contribution in [0.2, 0.25) is 5.02 Å². The van der Waals surface area contributed by atoms with Crippen LogP contribution in [0.4, 0.5) is 23.1 Å². The number of nitrogen functional groups attached to an aromatic ring is 1. The van der Waals surface area contributed by atoms with Crippen LogP contribution >= 0.6 is 11.6 Å². The summed E-state index contributed by atoms with van der Waals surface area (Å²) in [5.41, 5.74) is 12.9. The number of hydrogen-bond donors (Lipinski definition) is 4. The first kappa shape index (κ1) is 17.4. The summed E-state index contributed by atoms with van der Waals surface area (Å²) in [5, 5.41) is 3.60. The number of rotatable bonds is 5. The fourth-order valence-electron chi connectivity index (χ4n) is 2.11. The maximum atomic E-state index is 12.1. The Labute approximate surface area is 154 Å². The van der Waals surface area contributed by atoms with E-state index >= 15 is 0 Å². The number of nitrogens with zero attached hydrogens (tertiary/aromatic N) is 3. The lowest BCUT2D eigenvalue weighted by molar-refractivity contribution is 0.0962. The number of amides is 1. The predicted octanol–water partition coefficient (Wildman–Crippen LogP) is 2.92. The van der Waals surface area contributed by atoms with E-state index in [1.54, 1.807) is 30.5 Å². The van der Waals surface area contributed by atoms with Gasteiger partial charge in [0.15, 0.2) is 11.6 Å². The molecule has 0 aliphatic carbocycles. The van der Waals surface area contributed by atoms with Crippen molar-refractivity contribution in [2.75, 3.05) is 16.5 Å². The Kier molecular flexibility index (Phi) is 5.14. The Morgan fingerprint density at radius 1 is 1.04 bits per heavy atom. The van der Waals surface area contributed by atoms with Gasteiger partial charge >= 0.3 is 0 Å². The van der Waals surface area contributed by atoms with Crippen molar-refractivity contribution < 1.29 is 4.79 Å². The molecule has 2 heterocycles. The van der Waals surface area contributed by atoms with Crippen molar-refractivity contribution in [3.63, 3.8) is 0 Å². The lowest BCUT2D eigenvalue weighted by Crippen LogP contribution is -2.30. The third-order valence-corrected chi connectivity index (χ3v) is 3.78. The van der Waals surface area contributed by atoms with Crippen LogP contribution in [-0.4, -0.2) is 20.9 Å². The molecule has 3 rings (SSSR count). The monoisotopic (exact) mass is 369 g/mol. The number of halogens is 1. The number of hydrogen-bond acceptors (Lipinski definition) is 7. The molecule has 2 aromatic heterocycles. The Morgan fingerprint density at radius 2 is 1.77 bits per heavy atom. The molecule has 26 heavy (non-hydrogen) atoms. The van der Waals surface area contributed by atoms with Crippen molar-refractivity contribution in [1.29, 1.82) is 0 Å². The van der Waals surface area contributed by atoms with Crippen LogP contribution < -0.4 is 21.9 Å². The third kappa shape index (κ3) is 3.98. The molecule has 0 unspecified atom stereocenters. The number of aryl methyl sites for hydroxylation is 1. The van der Waals surface area contributed by atoms with Gasteiger partial charge in [0.25, 0.3) is 5.91 Å². The van der Waals surface area contributed by atoms with Crippen LogP contribution in [0.15, 0.2) is 48.9 Å². The third-order valence-electron chi connectivity index (χ3n) is 3.53. The van der Waals surface area contributed by atoms with Crippen LogP contribution in [0.1, 0.15) is 15.9 Å². The number of nitrogens with one attached hydrogen (secondary N) is 3. The van der Waals surface area contributed by atoms with E-state index in [0.29, 0.717) is 22.2 Å². The maximum absolute atomic E-state index is 12.1. The normalized spacial score (nSPS) is 10.2. The van der Waals surface area contributed by atoms with E-state index in [2.05, 4.69) is 31.1 Å². The molecule has 9 heteroatoms. The molecule has 1 amide bonds. The predicted molar refractivity (Wildman–Crippen MR) is 101 cm³/mol. The fourth-order valence-corrected chi connectivity index (χ4v) is 2.24. The van der Waals surface area contributed by atoms with Crippen LogP contribution in [0, 0.1) is 6.92 Å². The first-order valence-corrected chi connectivity index (χ1v) is 8.03. The molecular weight excluding hydrogens is 354 g/mol. The highest BCUT2D eigenvalue weighted by Gasteiger charge is 2.11. The van der Waals surface area contributed by atoms with Gasteiger partial charge in [-0.15, -0.1) is 0 Å². The van der Waals surface area contributed by atoms with Crippen molar-refractivity contribution in [3.8, 4) is 0 Å². The van der Waals surface area contributed by atoms with E-state index in [1.807, 2.05) is 19.1 Å². The topological polar surface area (TPSA) is 118 Å². The van der Waals surface area contributed by atoms with Gasteiger partial charge in [-0.2, -0.15) is 0 Å². The van der Waals surface area contributed by atoms with Crippen LogP contribution in [0.25, 0.3) is 0 Å². The van der Waals surface area contributed by atoms with E-state index in [4.69, 9.17) is 17.3 Å². The van der Waals surface area contributed by atoms with Crippen LogP contribution in [0.5, 0.6) is 0 Å². The summed E-state index contributed by atoms with van der Waals surface area (Å²) < 4.78 is 0. The average Bonchev–Trinajstić information content (AvgIpc) is 2.64. The molecule has 0 aliphatic rings. The maximum Gasteiger partial charge on any atom is 0.269 e. The lowest BCUT2D eigenvalue weighted by Gasteiger charge is -2.13. The van der Waals surface area contributed by atoms with Gasteiger partial charge in [-0.25, -0.2) is 15.0 Å². The highest BCUT2D eigenvalue weighted by Crippen LogP contribution is 2.25. The second-order valence-corrected chi connectivity index (χ2v) is 5.80. The smallest absolute Gasteiger partial charge is 0.269 e. The van der Waals surface area contributed by atoms with Gasteiger partial charge in [-0.05, 0) is 42.8 Å². The van der Waals surface area contributed by atoms with Gasteiger partial charge in [0.2, 0.25) is 0 Å². The van der Waals surface area contributed by atoms with Gasteiger partial charge in [-0.3, -0.25) is 15.6 Å². The number of carbonyl (C=O) groups excluding carboxylic acids is 1. The minimum atomic E-state index is -0.352. The second kappa shape index (κ2) is 7.66. The molecule has 0 spiro atoms. The Balaban J connectivity index is 1.72. The number of hydrazine groups is 1. The summed E-state index contributed by atoms with van der Waals surface area (Å²) in [6, 6.07) is 10.2. The minimum absolute atomic E-state index is 0.244. The average molecular weight is 370 g/mol. The first-order valence-electron chi connectivity index (χ1n) is 7.65. The zero-order chi connectivity index (χ0) is 18.5. The molecule has 3 aromatic rings. The largest absolute Gasteiger partial charge is 0.393 e. The Morgan fingerprint density at radius 3 is 2.50 bits per heavy atom. The summed E-state index contributed by atoms with van der Waals surface area (Å²) in [4.78, 5) is 24.5. The van der Waals surface area contributed by atoms with E-state index in [-0.39, 0.29) is 17.4 Å². The van der Waals surface area contributed by atoms with Crippen LogP contribution in [-0.2, 0) is 0 Å². The molecule has 0 radical (unpaired) electrons. The molecule has 0 bridgehead atoms. The number of aromatic nitrogens is 3. The highest BCUT2D eigenvalue weighted by atomic mass is 35.5. The standard InChI is InChI=1S/C17H16ClN7O/c1-10-3-2-8-20-14(10)23-15-13(19)16(22-9-21-15)24-25-17(26)11-4-6-12(18)7-5-11/h2-9H,19H2,1H3,(H,25,26)(H2,20,21,22,23,24). The summed E-state index contributed by atoms with van der Waals surface area (Å²) in [5.74, 6) is 0.923. The summed E-state index contributed by atoms with van der Waals surface area (Å²) in [6.07, 6.45) is 2.99. The van der Waals surface area contributed by atoms with Crippen molar-refractivity contribution >= 4 is 40.6 Å². The van der Waals surface area contributed by atoms with E-state index < -0.39 is 0 Å². The Hall–Kier alpha value is -3.39. The van der Waals surface area contributed by atoms with E-state index in [0.717, 1.165) is 5.56 Å².